The number of rotatable bonds is 6. The van der Waals surface area contributed by atoms with Gasteiger partial charge in [0.1, 0.15) is 5.75 Å². The van der Waals surface area contributed by atoms with E-state index in [2.05, 4.69) is 10.0 Å². The Hall–Kier alpha value is -3.14. The van der Waals surface area contributed by atoms with Crippen molar-refractivity contribution in [3.63, 3.8) is 0 Å². The Morgan fingerprint density at radius 1 is 1.19 bits per heavy atom. The standard InChI is InChI=1S/C16H17N3O6S/c1-10-4-6-12(9-14(10)19(21)22)26(23,24)18-13-8-11(16(20)17-2)5-7-15(13)25-3/h4-9,18H,1-3H3,(H,17,20). The molecule has 2 rings (SSSR count). The van der Waals surface area contributed by atoms with E-state index in [0.717, 1.165) is 6.07 Å². The number of aryl methyl sites for hydroxylation is 1. The van der Waals surface area contributed by atoms with Crippen LogP contribution < -0.4 is 14.8 Å². The number of hydrogen-bond donors (Lipinski definition) is 2. The van der Waals surface area contributed by atoms with Crippen molar-refractivity contribution in [1.82, 2.24) is 5.32 Å². The van der Waals surface area contributed by atoms with Gasteiger partial charge in [-0.2, -0.15) is 0 Å². The quantitative estimate of drug-likeness (QED) is 0.584. The molecular formula is C16H17N3O6S. The number of sulfonamides is 1. The maximum atomic E-state index is 12.6. The maximum Gasteiger partial charge on any atom is 0.273 e. The Kier molecular flexibility index (Phi) is 5.46. The molecule has 2 aromatic rings. The molecule has 2 N–H and O–H groups in total. The first-order chi connectivity index (χ1) is 12.2. The fourth-order valence-corrected chi connectivity index (χ4v) is 3.31. The van der Waals surface area contributed by atoms with Crippen molar-refractivity contribution in [2.75, 3.05) is 18.9 Å². The molecule has 0 heterocycles. The van der Waals surface area contributed by atoms with Crippen LogP contribution in [-0.2, 0) is 10.0 Å². The third-order valence-electron chi connectivity index (χ3n) is 3.62. The third kappa shape index (κ3) is 3.91. The minimum Gasteiger partial charge on any atom is -0.495 e. The van der Waals surface area contributed by atoms with E-state index < -0.39 is 20.9 Å². The van der Waals surface area contributed by atoms with Crippen molar-refractivity contribution in [3.8, 4) is 5.75 Å². The predicted octanol–water partition coefficient (Wildman–Crippen LogP) is 2.07. The molecule has 10 heteroatoms. The van der Waals surface area contributed by atoms with Gasteiger partial charge in [-0.3, -0.25) is 19.6 Å². The zero-order valence-electron chi connectivity index (χ0n) is 14.3. The summed E-state index contributed by atoms with van der Waals surface area (Å²) in [6, 6.07) is 7.83. The number of carbonyl (C=O) groups is 1. The average molecular weight is 379 g/mol. The topological polar surface area (TPSA) is 128 Å². The molecule has 0 aliphatic rings. The number of amides is 1. The van der Waals surface area contributed by atoms with E-state index in [1.165, 1.54) is 51.4 Å². The fourth-order valence-electron chi connectivity index (χ4n) is 2.23. The van der Waals surface area contributed by atoms with Crippen LogP contribution in [0.15, 0.2) is 41.3 Å². The molecule has 0 saturated carbocycles. The van der Waals surface area contributed by atoms with Gasteiger partial charge in [-0.25, -0.2) is 8.42 Å². The molecule has 9 nitrogen and oxygen atoms in total. The number of nitro benzene ring substituents is 1. The van der Waals surface area contributed by atoms with E-state index in [4.69, 9.17) is 4.74 Å². The summed E-state index contributed by atoms with van der Waals surface area (Å²) in [5, 5.41) is 13.5. The van der Waals surface area contributed by atoms with Crippen LogP contribution >= 0.6 is 0 Å². The molecule has 1 amide bonds. The van der Waals surface area contributed by atoms with E-state index in [1.54, 1.807) is 0 Å². The number of anilines is 1. The van der Waals surface area contributed by atoms with E-state index >= 15 is 0 Å². The Balaban J connectivity index is 2.48. The second kappa shape index (κ2) is 7.40. The van der Waals surface area contributed by atoms with E-state index in [1.807, 2.05) is 0 Å². The van der Waals surface area contributed by atoms with Gasteiger partial charge in [0.15, 0.2) is 0 Å². The van der Waals surface area contributed by atoms with Gasteiger partial charge in [0.2, 0.25) is 0 Å². The zero-order chi connectivity index (χ0) is 19.5. The van der Waals surface area contributed by atoms with Crippen molar-refractivity contribution in [2.24, 2.45) is 0 Å². The SMILES string of the molecule is CNC(=O)c1ccc(OC)c(NS(=O)(=O)c2ccc(C)c([N+](=O)[O-])c2)c1. The van der Waals surface area contributed by atoms with Crippen molar-refractivity contribution in [1.29, 1.82) is 0 Å². The van der Waals surface area contributed by atoms with Crippen molar-refractivity contribution in [3.05, 3.63) is 57.6 Å². The second-order valence-electron chi connectivity index (χ2n) is 5.31. The molecule has 0 saturated heterocycles. The lowest BCUT2D eigenvalue weighted by atomic mass is 10.2. The first kappa shape index (κ1) is 19.2. The molecule has 138 valence electrons. The van der Waals surface area contributed by atoms with Gasteiger partial charge >= 0.3 is 0 Å². The normalized spacial score (nSPS) is 10.9. The van der Waals surface area contributed by atoms with Gasteiger partial charge in [-0.1, -0.05) is 6.07 Å². The number of methoxy groups -OCH3 is 1. The van der Waals surface area contributed by atoms with Crippen molar-refractivity contribution < 1.29 is 22.9 Å². The maximum absolute atomic E-state index is 12.6. The van der Waals surface area contributed by atoms with Gasteiger partial charge in [0.25, 0.3) is 21.6 Å². The second-order valence-corrected chi connectivity index (χ2v) is 6.99. The number of carbonyl (C=O) groups excluding carboxylic acids is 1. The summed E-state index contributed by atoms with van der Waals surface area (Å²) in [4.78, 5) is 21.9. The minimum absolute atomic E-state index is 0.0387. The van der Waals surface area contributed by atoms with Crippen LogP contribution in [0.1, 0.15) is 15.9 Å². The third-order valence-corrected chi connectivity index (χ3v) is 4.98. The van der Waals surface area contributed by atoms with Gasteiger partial charge in [0.05, 0.1) is 22.6 Å². The number of nitrogens with zero attached hydrogens (tertiary/aromatic N) is 1. The van der Waals surface area contributed by atoms with Crippen LogP contribution in [-0.4, -0.2) is 33.4 Å². The highest BCUT2D eigenvalue weighted by atomic mass is 32.2. The molecule has 0 spiro atoms. The summed E-state index contributed by atoms with van der Waals surface area (Å²) in [5.74, 6) is -0.207. The van der Waals surface area contributed by atoms with Crippen LogP contribution in [0.5, 0.6) is 5.75 Å². The summed E-state index contributed by atoms with van der Waals surface area (Å²) in [6.45, 7) is 1.51. The van der Waals surface area contributed by atoms with Gasteiger partial charge in [-0.15, -0.1) is 0 Å². The van der Waals surface area contributed by atoms with Crippen LogP contribution in [0.2, 0.25) is 0 Å². The zero-order valence-corrected chi connectivity index (χ0v) is 15.1. The van der Waals surface area contributed by atoms with Crippen molar-refractivity contribution in [2.45, 2.75) is 11.8 Å². The average Bonchev–Trinajstić information content (AvgIpc) is 2.60. The smallest absolute Gasteiger partial charge is 0.273 e. The Bertz CT molecular complexity index is 972. The summed E-state index contributed by atoms with van der Waals surface area (Å²) in [6.07, 6.45) is 0. The van der Waals surface area contributed by atoms with E-state index in [0.29, 0.717) is 5.56 Å². The largest absolute Gasteiger partial charge is 0.495 e. The molecule has 0 atom stereocenters. The molecule has 26 heavy (non-hydrogen) atoms. The summed E-state index contributed by atoms with van der Waals surface area (Å²) >= 11 is 0. The highest BCUT2D eigenvalue weighted by molar-refractivity contribution is 7.92. The highest BCUT2D eigenvalue weighted by Gasteiger charge is 2.22. The fraction of sp³-hybridized carbons (Fsp3) is 0.188. The molecule has 0 bridgehead atoms. The minimum atomic E-state index is -4.13. The van der Waals surface area contributed by atoms with Crippen LogP contribution in [0.3, 0.4) is 0 Å². The molecule has 0 aromatic heterocycles. The number of ether oxygens (including phenoxy) is 1. The van der Waals surface area contributed by atoms with Crippen LogP contribution in [0, 0.1) is 17.0 Å². The Labute approximate surface area is 150 Å². The van der Waals surface area contributed by atoms with E-state index in [-0.39, 0.29) is 27.6 Å². The predicted molar refractivity (Wildman–Crippen MR) is 95.0 cm³/mol. The number of hydrogen-bond acceptors (Lipinski definition) is 6. The van der Waals surface area contributed by atoms with Crippen LogP contribution in [0.4, 0.5) is 11.4 Å². The van der Waals surface area contributed by atoms with Gasteiger partial charge < -0.3 is 10.1 Å². The first-order valence-corrected chi connectivity index (χ1v) is 8.86. The molecule has 0 radical (unpaired) electrons. The summed E-state index contributed by atoms with van der Waals surface area (Å²) < 4.78 is 32.6. The lowest BCUT2D eigenvalue weighted by Crippen LogP contribution is -2.19. The molecule has 0 aliphatic heterocycles. The first-order valence-electron chi connectivity index (χ1n) is 7.37. The number of nitrogens with one attached hydrogen (secondary N) is 2. The van der Waals surface area contributed by atoms with Gasteiger partial charge in [-0.05, 0) is 31.2 Å². The van der Waals surface area contributed by atoms with Crippen molar-refractivity contribution >= 4 is 27.3 Å². The molecule has 0 fully saturated rings. The van der Waals surface area contributed by atoms with E-state index in [9.17, 15) is 23.3 Å². The Morgan fingerprint density at radius 3 is 2.46 bits per heavy atom. The number of benzene rings is 2. The molecule has 0 aliphatic carbocycles. The molecular weight excluding hydrogens is 362 g/mol. The number of nitro groups is 1. The molecule has 0 unspecified atom stereocenters. The van der Waals surface area contributed by atoms with Crippen LogP contribution in [0.25, 0.3) is 0 Å². The molecule has 2 aromatic carbocycles. The lowest BCUT2D eigenvalue weighted by molar-refractivity contribution is -0.385. The monoisotopic (exact) mass is 379 g/mol. The summed E-state index contributed by atoms with van der Waals surface area (Å²) in [7, 11) is -1.34. The van der Waals surface area contributed by atoms with Gasteiger partial charge in [0, 0.05) is 24.2 Å². The summed E-state index contributed by atoms with van der Waals surface area (Å²) in [5.41, 5.74) is 0.296. The highest BCUT2D eigenvalue weighted by Crippen LogP contribution is 2.29. The Morgan fingerprint density at radius 2 is 1.88 bits per heavy atom. The lowest BCUT2D eigenvalue weighted by Gasteiger charge is -2.13.